The first-order valence-electron chi connectivity index (χ1n) is 4.40. The normalized spacial score (nSPS) is 10.6. The molecule has 0 unspecified atom stereocenters. The molecule has 0 aliphatic rings. The predicted octanol–water partition coefficient (Wildman–Crippen LogP) is 3.47. The van der Waals surface area contributed by atoms with Crippen LogP contribution in [0, 0.1) is 0 Å². The van der Waals surface area contributed by atoms with Crippen molar-refractivity contribution in [1.29, 1.82) is 0 Å². The molecule has 0 atom stereocenters. The minimum absolute atomic E-state index is 0.942. The highest BCUT2D eigenvalue weighted by atomic mass is 32.1. The number of rotatable bonds is 2. The topological polar surface area (TPSA) is 9.23 Å². The third-order valence-corrected chi connectivity index (χ3v) is 3.37. The standard InChI is InChI=1S/C11H12OS/c1-3-10-6-8-4-5-9(12-2)7-11(8)13-10/h4-7H,3H2,1-2H3. The molecule has 0 spiro atoms. The van der Waals surface area contributed by atoms with Gasteiger partial charge in [0.25, 0.3) is 0 Å². The Morgan fingerprint density at radius 1 is 1.31 bits per heavy atom. The maximum absolute atomic E-state index is 5.17. The van der Waals surface area contributed by atoms with Gasteiger partial charge < -0.3 is 4.74 Å². The predicted molar refractivity (Wildman–Crippen MR) is 57.8 cm³/mol. The van der Waals surface area contributed by atoms with Crippen molar-refractivity contribution in [2.75, 3.05) is 7.11 Å². The Morgan fingerprint density at radius 3 is 2.85 bits per heavy atom. The zero-order chi connectivity index (χ0) is 9.26. The molecule has 1 aromatic carbocycles. The molecule has 2 heteroatoms. The van der Waals surface area contributed by atoms with E-state index >= 15 is 0 Å². The van der Waals surface area contributed by atoms with Gasteiger partial charge in [0, 0.05) is 9.58 Å². The number of fused-ring (bicyclic) bond motifs is 1. The van der Waals surface area contributed by atoms with Gasteiger partial charge in [-0.05, 0) is 36.1 Å². The minimum atomic E-state index is 0.942. The molecule has 0 saturated carbocycles. The van der Waals surface area contributed by atoms with Crippen molar-refractivity contribution in [1.82, 2.24) is 0 Å². The lowest BCUT2D eigenvalue weighted by Crippen LogP contribution is -1.79. The molecular weight excluding hydrogens is 180 g/mol. The third-order valence-electron chi connectivity index (χ3n) is 2.13. The lowest BCUT2D eigenvalue weighted by Gasteiger charge is -1.97. The van der Waals surface area contributed by atoms with Crippen molar-refractivity contribution in [2.24, 2.45) is 0 Å². The smallest absolute Gasteiger partial charge is 0.120 e. The Bertz CT molecular complexity index is 415. The molecule has 0 aliphatic carbocycles. The third kappa shape index (κ3) is 1.54. The summed E-state index contributed by atoms with van der Waals surface area (Å²) in [6.45, 7) is 2.18. The van der Waals surface area contributed by atoms with Gasteiger partial charge in [0.05, 0.1) is 7.11 Å². The number of aryl methyl sites for hydroxylation is 1. The first kappa shape index (κ1) is 8.57. The Morgan fingerprint density at radius 2 is 2.15 bits per heavy atom. The van der Waals surface area contributed by atoms with Crippen LogP contribution in [-0.2, 0) is 6.42 Å². The maximum atomic E-state index is 5.17. The van der Waals surface area contributed by atoms with E-state index in [1.165, 1.54) is 15.0 Å². The minimum Gasteiger partial charge on any atom is -0.497 e. The van der Waals surface area contributed by atoms with Gasteiger partial charge in [0.15, 0.2) is 0 Å². The number of ether oxygens (including phenoxy) is 1. The summed E-state index contributed by atoms with van der Waals surface area (Å²) in [5.41, 5.74) is 0. The fourth-order valence-electron chi connectivity index (χ4n) is 1.37. The van der Waals surface area contributed by atoms with Crippen LogP contribution in [0.2, 0.25) is 0 Å². The molecule has 0 radical (unpaired) electrons. The largest absolute Gasteiger partial charge is 0.497 e. The first-order valence-corrected chi connectivity index (χ1v) is 5.21. The highest BCUT2D eigenvalue weighted by molar-refractivity contribution is 7.19. The quantitative estimate of drug-likeness (QED) is 0.708. The van der Waals surface area contributed by atoms with Crippen LogP contribution in [0.3, 0.4) is 0 Å². The lowest BCUT2D eigenvalue weighted by molar-refractivity contribution is 0.415. The number of methoxy groups -OCH3 is 1. The fourth-order valence-corrected chi connectivity index (χ4v) is 2.40. The summed E-state index contributed by atoms with van der Waals surface area (Å²) in [7, 11) is 1.70. The monoisotopic (exact) mass is 192 g/mol. The zero-order valence-electron chi connectivity index (χ0n) is 7.83. The van der Waals surface area contributed by atoms with E-state index in [2.05, 4.69) is 25.1 Å². The summed E-state index contributed by atoms with van der Waals surface area (Å²) in [4.78, 5) is 1.43. The van der Waals surface area contributed by atoms with Crippen molar-refractivity contribution in [2.45, 2.75) is 13.3 Å². The van der Waals surface area contributed by atoms with Crippen LogP contribution in [-0.4, -0.2) is 7.11 Å². The first-order chi connectivity index (χ1) is 6.33. The second-order valence-electron chi connectivity index (χ2n) is 2.97. The average molecular weight is 192 g/mol. The van der Waals surface area contributed by atoms with Crippen LogP contribution in [0.15, 0.2) is 24.3 Å². The Kier molecular flexibility index (Phi) is 2.23. The number of thiophene rings is 1. The Hall–Kier alpha value is -1.02. The molecule has 1 nitrogen and oxygen atoms in total. The molecule has 13 heavy (non-hydrogen) atoms. The second kappa shape index (κ2) is 3.38. The van der Waals surface area contributed by atoms with Crippen molar-refractivity contribution in [3.05, 3.63) is 29.1 Å². The van der Waals surface area contributed by atoms with Gasteiger partial charge in [-0.25, -0.2) is 0 Å². The number of hydrogen-bond acceptors (Lipinski definition) is 2. The zero-order valence-corrected chi connectivity index (χ0v) is 8.65. The van der Waals surface area contributed by atoms with E-state index in [1.807, 2.05) is 17.4 Å². The van der Waals surface area contributed by atoms with Crippen molar-refractivity contribution in [3.63, 3.8) is 0 Å². The molecule has 2 aromatic rings. The van der Waals surface area contributed by atoms with Crippen LogP contribution in [0.4, 0.5) is 0 Å². The highest BCUT2D eigenvalue weighted by Crippen LogP contribution is 2.29. The van der Waals surface area contributed by atoms with E-state index in [4.69, 9.17) is 4.74 Å². The summed E-state index contributed by atoms with van der Waals surface area (Å²) in [5.74, 6) is 0.942. The molecule has 0 amide bonds. The SMILES string of the molecule is CCc1cc2ccc(OC)cc2s1. The Balaban J connectivity index is 2.57. The van der Waals surface area contributed by atoms with Gasteiger partial charge in [0.1, 0.15) is 5.75 Å². The molecule has 1 heterocycles. The van der Waals surface area contributed by atoms with Crippen LogP contribution in [0.1, 0.15) is 11.8 Å². The summed E-state index contributed by atoms with van der Waals surface area (Å²) < 4.78 is 6.49. The van der Waals surface area contributed by atoms with Gasteiger partial charge in [0.2, 0.25) is 0 Å². The Labute approximate surface area is 82.0 Å². The van der Waals surface area contributed by atoms with Gasteiger partial charge in [-0.1, -0.05) is 6.92 Å². The number of hydrogen-bond donors (Lipinski definition) is 0. The lowest BCUT2D eigenvalue weighted by atomic mass is 10.2. The summed E-state index contributed by atoms with van der Waals surface area (Å²) in [6.07, 6.45) is 1.11. The van der Waals surface area contributed by atoms with E-state index in [1.54, 1.807) is 7.11 Å². The number of benzene rings is 1. The molecule has 0 saturated heterocycles. The van der Waals surface area contributed by atoms with Gasteiger partial charge in [-0.15, -0.1) is 11.3 Å². The van der Waals surface area contributed by atoms with Crippen LogP contribution in [0.25, 0.3) is 10.1 Å². The molecule has 0 aliphatic heterocycles. The van der Waals surface area contributed by atoms with Gasteiger partial charge in [-0.3, -0.25) is 0 Å². The molecule has 2 rings (SSSR count). The fraction of sp³-hybridized carbons (Fsp3) is 0.273. The van der Waals surface area contributed by atoms with Crippen LogP contribution < -0.4 is 4.74 Å². The molecular formula is C11H12OS. The van der Waals surface area contributed by atoms with E-state index in [9.17, 15) is 0 Å². The molecule has 0 bridgehead atoms. The average Bonchev–Trinajstić information content (AvgIpc) is 2.58. The molecule has 1 aromatic heterocycles. The van der Waals surface area contributed by atoms with E-state index < -0.39 is 0 Å². The van der Waals surface area contributed by atoms with E-state index in [-0.39, 0.29) is 0 Å². The van der Waals surface area contributed by atoms with E-state index in [0.29, 0.717) is 0 Å². The van der Waals surface area contributed by atoms with Gasteiger partial charge >= 0.3 is 0 Å². The van der Waals surface area contributed by atoms with Crippen molar-refractivity contribution >= 4 is 21.4 Å². The summed E-state index contributed by atoms with van der Waals surface area (Å²) >= 11 is 1.85. The summed E-state index contributed by atoms with van der Waals surface area (Å²) in [6, 6.07) is 8.47. The van der Waals surface area contributed by atoms with Gasteiger partial charge in [-0.2, -0.15) is 0 Å². The maximum Gasteiger partial charge on any atom is 0.120 e. The van der Waals surface area contributed by atoms with Crippen LogP contribution in [0.5, 0.6) is 5.75 Å². The molecule has 0 fully saturated rings. The molecule has 68 valence electrons. The highest BCUT2D eigenvalue weighted by Gasteiger charge is 2.00. The second-order valence-corrected chi connectivity index (χ2v) is 4.14. The molecule has 0 N–H and O–H groups in total. The summed E-state index contributed by atoms with van der Waals surface area (Å²) in [5, 5.41) is 1.32. The van der Waals surface area contributed by atoms with E-state index in [0.717, 1.165) is 12.2 Å². The van der Waals surface area contributed by atoms with Crippen LogP contribution >= 0.6 is 11.3 Å². The van der Waals surface area contributed by atoms with Crippen molar-refractivity contribution in [3.8, 4) is 5.75 Å². The van der Waals surface area contributed by atoms with Crippen molar-refractivity contribution < 1.29 is 4.74 Å².